The summed E-state index contributed by atoms with van der Waals surface area (Å²) in [5.41, 5.74) is 0.850. The van der Waals surface area contributed by atoms with Crippen molar-refractivity contribution in [2.24, 2.45) is 0 Å². The molecule has 0 saturated carbocycles. The maximum atomic E-state index is 12.0. The molecule has 1 N–H and O–H groups in total. The summed E-state index contributed by atoms with van der Waals surface area (Å²) in [7, 11) is -3.51. The summed E-state index contributed by atoms with van der Waals surface area (Å²) in [4.78, 5) is 4.28. The Morgan fingerprint density at radius 1 is 1.42 bits per heavy atom. The lowest BCUT2D eigenvalue weighted by Gasteiger charge is -2.07. The van der Waals surface area contributed by atoms with Crippen molar-refractivity contribution in [3.05, 3.63) is 45.4 Å². The number of sulfonamides is 1. The monoisotopic (exact) mass is 316 g/mol. The van der Waals surface area contributed by atoms with E-state index < -0.39 is 10.0 Å². The van der Waals surface area contributed by atoms with Gasteiger partial charge in [0.15, 0.2) is 0 Å². The van der Waals surface area contributed by atoms with Gasteiger partial charge in [0, 0.05) is 29.6 Å². The zero-order valence-electron chi connectivity index (χ0n) is 10.3. The number of rotatable bonds is 5. The van der Waals surface area contributed by atoms with Gasteiger partial charge in [-0.05, 0) is 24.6 Å². The van der Waals surface area contributed by atoms with Crippen molar-refractivity contribution in [2.75, 3.05) is 6.54 Å². The second kappa shape index (κ2) is 6.00. The summed E-state index contributed by atoms with van der Waals surface area (Å²) in [5, 5.41) is 3.22. The average Bonchev–Trinajstić information content (AvgIpc) is 2.85. The van der Waals surface area contributed by atoms with Gasteiger partial charge >= 0.3 is 0 Å². The molecular weight excluding hydrogens is 304 g/mol. The van der Waals surface area contributed by atoms with Gasteiger partial charge in [0.05, 0.1) is 9.90 Å². The number of nitrogens with zero attached hydrogens (tertiary/aromatic N) is 1. The van der Waals surface area contributed by atoms with Crippen LogP contribution in [0.1, 0.15) is 10.6 Å². The highest BCUT2D eigenvalue weighted by Crippen LogP contribution is 2.19. The van der Waals surface area contributed by atoms with Gasteiger partial charge in [-0.15, -0.1) is 11.3 Å². The van der Waals surface area contributed by atoms with Gasteiger partial charge in [-0.1, -0.05) is 17.7 Å². The molecule has 19 heavy (non-hydrogen) atoms. The summed E-state index contributed by atoms with van der Waals surface area (Å²) in [6.45, 7) is 2.15. The van der Waals surface area contributed by atoms with Crippen LogP contribution in [0, 0.1) is 6.92 Å². The molecule has 0 aliphatic rings. The van der Waals surface area contributed by atoms with Crippen LogP contribution in [-0.4, -0.2) is 19.9 Å². The molecule has 1 heterocycles. The number of hydrogen-bond acceptors (Lipinski definition) is 4. The Morgan fingerprint density at radius 2 is 2.21 bits per heavy atom. The van der Waals surface area contributed by atoms with Crippen molar-refractivity contribution < 1.29 is 8.42 Å². The summed E-state index contributed by atoms with van der Waals surface area (Å²) >= 11 is 7.44. The summed E-state index contributed by atoms with van der Waals surface area (Å²) in [6.07, 6.45) is 2.28. The molecule has 0 saturated heterocycles. The minimum atomic E-state index is -3.51. The Labute approximate surface area is 121 Å². The third kappa shape index (κ3) is 3.76. The van der Waals surface area contributed by atoms with Crippen LogP contribution in [0.25, 0.3) is 0 Å². The summed E-state index contributed by atoms with van der Waals surface area (Å²) in [5.74, 6) is 0. The van der Waals surface area contributed by atoms with Crippen LogP contribution in [-0.2, 0) is 16.4 Å². The zero-order valence-corrected chi connectivity index (χ0v) is 12.6. The lowest BCUT2D eigenvalue weighted by Crippen LogP contribution is -2.26. The van der Waals surface area contributed by atoms with Crippen molar-refractivity contribution in [1.82, 2.24) is 9.71 Å². The fourth-order valence-electron chi connectivity index (χ4n) is 1.49. The molecule has 0 amide bonds. The largest absolute Gasteiger partial charge is 0.250 e. The molecule has 0 fully saturated rings. The van der Waals surface area contributed by atoms with E-state index >= 15 is 0 Å². The van der Waals surface area contributed by atoms with Crippen LogP contribution in [0.4, 0.5) is 0 Å². The lowest BCUT2D eigenvalue weighted by molar-refractivity contribution is 0.581. The molecule has 2 aromatic rings. The van der Waals surface area contributed by atoms with E-state index in [2.05, 4.69) is 9.71 Å². The maximum absolute atomic E-state index is 12.0. The lowest BCUT2D eigenvalue weighted by atomic mass is 10.2. The Morgan fingerprint density at radius 3 is 2.84 bits per heavy atom. The number of benzene rings is 1. The number of aromatic nitrogens is 1. The van der Waals surface area contributed by atoms with Gasteiger partial charge < -0.3 is 0 Å². The number of thiazole rings is 1. The van der Waals surface area contributed by atoms with Gasteiger partial charge in [-0.2, -0.15) is 0 Å². The topological polar surface area (TPSA) is 59.1 Å². The first kappa shape index (κ1) is 14.5. The van der Waals surface area contributed by atoms with Crippen molar-refractivity contribution in [2.45, 2.75) is 18.2 Å². The van der Waals surface area contributed by atoms with E-state index in [0.29, 0.717) is 18.0 Å². The highest BCUT2D eigenvalue weighted by Gasteiger charge is 2.14. The fourth-order valence-corrected chi connectivity index (χ4v) is 3.42. The molecule has 0 aliphatic heterocycles. The second-order valence-electron chi connectivity index (χ2n) is 3.98. The van der Waals surface area contributed by atoms with E-state index in [1.54, 1.807) is 18.3 Å². The fraction of sp³-hybridized carbons (Fsp3) is 0.250. The molecule has 0 aliphatic carbocycles. The van der Waals surface area contributed by atoms with Crippen molar-refractivity contribution in [1.29, 1.82) is 0 Å². The van der Waals surface area contributed by atoms with E-state index in [9.17, 15) is 8.42 Å². The summed E-state index contributed by atoms with van der Waals surface area (Å²) in [6, 6.07) is 4.70. The molecule has 0 atom stereocenters. The van der Waals surface area contributed by atoms with Crippen molar-refractivity contribution >= 4 is 33.0 Å². The normalized spacial score (nSPS) is 11.7. The van der Waals surface area contributed by atoms with Crippen LogP contribution in [0.5, 0.6) is 0 Å². The van der Waals surface area contributed by atoms with Crippen LogP contribution in [0.3, 0.4) is 0 Å². The molecule has 0 spiro atoms. The predicted octanol–water partition coefficient (Wildman–Crippen LogP) is 2.63. The average molecular weight is 317 g/mol. The first-order valence-corrected chi connectivity index (χ1v) is 8.37. The van der Waals surface area contributed by atoms with Gasteiger partial charge in [0.1, 0.15) is 0 Å². The van der Waals surface area contributed by atoms with Crippen molar-refractivity contribution in [3.63, 3.8) is 0 Å². The van der Waals surface area contributed by atoms with E-state index in [-0.39, 0.29) is 4.90 Å². The number of hydrogen-bond donors (Lipinski definition) is 1. The van der Waals surface area contributed by atoms with Gasteiger partial charge in [0.2, 0.25) is 10.0 Å². The maximum Gasteiger partial charge on any atom is 0.240 e. The smallest absolute Gasteiger partial charge is 0.240 e. The standard InChI is InChI=1S/C12H13ClN2O2S2/c1-9-2-3-10(8-11(9)13)19(16,17)15-5-4-12-14-6-7-18-12/h2-3,6-8,15H,4-5H2,1H3. The highest BCUT2D eigenvalue weighted by molar-refractivity contribution is 7.89. The molecule has 0 unspecified atom stereocenters. The second-order valence-corrected chi connectivity index (χ2v) is 7.14. The molecule has 7 heteroatoms. The predicted molar refractivity (Wildman–Crippen MR) is 77.2 cm³/mol. The molecule has 4 nitrogen and oxygen atoms in total. The van der Waals surface area contributed by atoms with E-state index in [4.69, 9.17) is 11.6 Å². The third-order valence-electron chi connectivity index (χ3n) is 2.57. The number of nitrogens with one attached hydrogen (secondary N) is 1. The molecule has 1 aromatic heterocycles. The van der Waals surface area contributed by atoms with Crippen LogP contribution >= 0.6 is 22.9 Å². The Kier molecular flexibility index (Phi) is 4.57. The van der Waals surface area contributed by atoms with E-state index in [1.165, 1.54) is 17.4 Å². The minimum absolute atomic E-state index is 0.183. The SMILES string of the molecule is Cc1ccc(S(=O)(=O)NCCc2nccs2)cc1Cl. The highest BCUT2D eigenvalue weighted by atomic mass is 35.5. The summed E-state index contributed by atoms with van der Waals surface area (Å²) < 4.78 is 26.6. The van der Waals surface area contributed by atoms with E-state index in [0.717, 1.165) is 10.6 Å². The molecule has 0 bridgehead atoms. The Balaban J connectivity index is 2.03. The Hall–Kier alpha value is -0.950. The minimum Gasteiger partial charge on any atom is -0.250 e. The zero-order chi connectivity index (χ0) is 13.9. The molecule has 1 aromatic carbocycles. The molecule has 2 rings (SSSR count). The third-order valence-corrected chi connectivity index (χ3v) is 5.27. The first-order chi connectivity index (χ1) is 8.99. The molecular formula is C12H13ClN2O2S2. The Bertz CT molecular complexity index is 654. The van der Waals surface area contributed by atoms with Gasteiger partial charge in [-0.3, -0.25) is 0 Å². The van der Waals surface area contributed by atoms with Crippen LogP contribution in [0.15, 0.2) is 34.7 Å². The van der Waals surface area contributed by atoms with E-state index in [1.807, 2.05) is 12.3 Å². The quantitative estimate of drug-likeness (QED) is 0.922. The number of halogens is 1. The molecule has 102 valence electrons. The van der Waals surface area contributed by atoms with Crippen LogP contribution < -0.4 is 4.72 Å². The van der Waals surface area contributed by atoms with Gasteiger partial charge in [-0.25, -0.2) is 18.1 Å². The van der Waals surface area contributed by atoms with Crippen molar-refractivity contribution in [3.8, 4) is 0 Å². The van der Waals surface area contributed by atoms with Gasteiger partial charge in [0.25, 0.3) is 0 Å². The molecule has 0 radical (unpaired) electrons. The first-order valence-electron chi connectivity index (χ1n) is 5.63. The number of aryl methyl sites for hydroxylation is 1. The van der Waals surface area contributed by atoms with Crippen LogP contribution in [0.2, 0.25) is 5.02 Å².